The summed E-state index contributed by atoms with van der Waals surface area (Å²) in [7, 11) is 2.09. The summed E-state index contributed by atoms with van der Waals surface area (Å²) in [5.74, 6) is 0. The molecular weight excluding hydrogens is 294 g/mol. The second-order valence-electron chi connectivity index (χ2n) is 6.06. The maximum absolute atomic E-state index is 4.81. The predicted molar refractivity (Wildman–Crippen MR) is 99.8 cm³/mol. The predicted octanol–water partition coefficient (Wildman–Crippen LogP) is 4.73. The molecule has 1 aliphatic rings. The van der Waals surface area contributed by atoms with E-state index in [0.717, 1.165) is 22.4 Å². The van der Waals surface area contributed by atoms with Crippen LogP contribution >= 0.6 is 0 Å². The lowest BCUT2D eigenvalue weighted by atomic mass is 9.97. The Morgan fingerprint density at radius 3 is 2.50 bits per heavy atom. The first-order valence-corrected chi connectivity index (χ1v) is 8.00. The molecule has 0 spiro atoms. The van der Waals surface area contributed by atoms with Crippen molar-refractivity contribution < 1.29 is 0 Å². The van der Waals surface area contributed by atoms with Crippen LogP contribution in [-0.2, 0) is 0 Å². The number of para-hydroxylation sites is 2. The van der Waals surface area contributed by atoms with Gasteiger partial charge in [-0.25, -0.2) is 4.98 Å². The summed E-state index contributed by atoms with van der Waals surface area (Å²) in [4.78, 5) is 11.6. The Bertz CT molecular complexity index is 1120. The lowest BCUT2D eigenvalue weighted by molar-refractivity contribution is 1.17. The molecule has 1 aromatic heterocycles. The number of anilines is 1. The highest BCUT2D eigenvalue weighted by Gasteiger charge is 2.20. The number of hydrogen-bond acceptors (Lipinski definition) is 3. The van der Waals surface area contributed by atoms with Crippen LogP contribution in [0.15, 0.2) is 66.9 Å². The normalized spacial score (nSPS) is 13.4. The summed E-state index contributed by atoms with van der Waals surface area (Å²) >= 11 is 0. The van der Waals surface area contributed by atoms with E-state index in [2.05, 4.69) is 59.4 Å². The number of aromatic nitrogens is 2. The van der Waals surface area contributed by atoms with Crippen LogP contribution in [0.25, 0.3) is 33.6 Å². The number of nitrogens with zero attached hydrogens (tertiary/aromatic N) is 3. The van der Waals surface area contributed by atoms with Crippen molar-refractivity contribution in [3.63, 3.8) is 0 Å². The van der Waals surface area contributed by atoms with Gasteiger partial charge in [0.25, 0.3) is 0 Å². The van der Waals surface area contributed by atoms with Crippen molar-refractivity contribution in [3.05, 3.63) is 78.1 Å². The summed E-state index contributed by atoms with van der Waals surface area (Å²) in [6.07, 6.45) is 4.06. The molecule has 1 aliphatic heterocycles. The summed E-state index contributed by atoms with van der Waals surface area (Å²) in [6, 6.07) is 20.8. The standard InChI is InChI=1S/C21H15N3/c1-24-19-11-5-7-14-6-4-8-15(21(14)19)12-20(24)18-13-22-16-9-2-3-10-17(16)23-18/h2-13H,1H3. The summed E-state index contributed by atoms with van der Waals surface area (Å²) in [5.41, 5.74) is 6.23. The van der Waals surface area contributed by atoms with Gasteiger partial charge in [-0.2, -0.15) is 0 Å². The van der Waals surface area contributed by atoms with Gasteiger partial charge >= 0.3 is 0 Å². The van der Waals surface area contributed by atoms with Crippen molar-refractivity contribution in [3.8, 4) is 0 Å². The minimum Gasteiger partial charge on any atom is -0.342 e. The fraction of sp³-hybridized carbons (Fsp3) is 0.0476. The molecule has 0 fully saturated rings. The van der Waals surface area contributed by atoms with E-state index >= 15 is 0 Å². The van der Waals surface area contributed by atoms with E-state index in [-0.39, 0.29) is 0 Å². The third-order valence-electron chi connectivity index (χ3n) is 4.64. The third kappa shape index (κ3) is 1.85. The van der Waals surface area contributed by atoms with Crippen molar-refractivity contribution >= 4 is 39.3 Å². The zero-order valence-corrected chi connectivity index (χ0v) is 13.3. The average Bonchev–Trinajstić information content (AvgIpc) is 2.64. The van der Waals surface area contributed by atoms with Gasteiger partial charge in [-0.15, -0.1) is 0 Å². The Hall–Kier alpha value is -3.20. The monoisotopic (exact) mass is 309 g/mol. The number of fused-ring (bicyclic) bond motifs is 1. The average molecular weight is 309 g/mol. The van der Waals surface area contributed by atoms with Gasteiger partial charge < -0.3 is 4.90 Å². The molecule has 0 saturated carbocycles. The molecule has 3 nitrogen and oxygen atoms in total. The van der Waals surface area contributed by atoms with Crippen LogP contribution in [0.1, 0.15) is 11.3 Å². The van der Waals surface area contributed by atoms with Crippen LogP contribution in [0.2, 0.25) is 0 Å². The number of hydrogen-bond donors (Lipinski definition) is 0. The zero-order chi connectivity index (χ0) is 16.1. The molecule has 114 valence electrons. The van der Waals surface area contributed by atoms with Gasteiger partial charge in [0.1, 0.15) is 5.69 Å². The van der Waals surface area contributed by atoms with Gasteiger partial charge in [0, 0.05) is 18.1 Å². The van der Waals surface area contributed by atoms with Crippen molar-refractivity contribution in [2.24, 2.45) is 0 Å². The van der Waals surface area contributed by atoms with E-state index in [1.165, 1.54) is 22.0 Å². The van der Waals surface area contributed by atoms with Crippen molar-refractivity contribution in [2.45, 2.75) is 0 Å². The van der Waals surface area contributed by atoms with Gasteiger partial charge in [0.05, 0.1) is 22.9 Å². The molecule has 2 heterocycles. The minimum absolute atomic E-state index is 0.891. The SMILES string of the molecule is CN1C(c2cnc3ccccc3n2)=Cc2cccc3cccc1c23. The van der Waals surface area contributed by atoms with Crippen LogP contribution < -0.4 is 4.90 Å². The topological polar surface area (TPSA) is 29.0 Å². The Morgan fingerprint density at radius 1 is 0.833 bits per heavy atom. The molecule has 0 unspecified atom stereocenters. The largest absolute Gasteiger partial charge is 0.342 e. The molecule has 0 radical (unpaired) electrons. The lowest BCUT2D eigenvalue weighted by Gasteiger charge is -2.28. The van der Waals surface area contributed by atoms with E-state index in [1.807, 2.05) is 30.5 Å². The summed E-state index contributed by atoms with van der Waals surface area (Å²) in [5, 5.41) is 2.55. The van der Waals surface area contributed by atoms with E-state index in [9.17, 15) is 0 Å². The molecule has 24 heavy (non-hydrogen) atoms. The van der Waals surface area contributed by atoms with E-state index in [1.54, 1.807) is 0 Å². The van der Waals surface area contributed by atoms with E-state index in [4.69, 9.17) is 4.98 Å². The molecule has 0 N–H and O–H groups in total. The molecular formula is C21H15N3. The van der Waals surface area contributed by atoms with Crippen molar-refractivity contribution in [1.29, 1.82) is 0 Å². The first-order valence-electron chi connectivity index (χ1n) is 8.00. The molecule has 0 bridgehead atoms. The van der Waals surface area contributed by atoms with Gasteiger partial charge in [0.15, 0.2) is 0 Å². The summed E-state index contributed by atoms with van der Waals surface area (Å²) in [6.45, 7) is 0. The summed E-state index contributed by atoms with van der Waals surface area (Å²) < 4.78 is 0. The third-order valence-corrected chi connectivity index (χ3v) is 4.64. The van der Waals surface area contributed by atoms with Gasteiger partial charge in [-0.05, 0) is 35.2 Å². The fourth-order valence-corrected chi connectivity index (χ4v) is 3.45. The first-order chi connectivity index (χ1) is 11.8. The highest BCUT2D eigenvalue weighted by atomic mass is 15.1. The van der Waals surface area contributed by atoms with Crippen LogP contribution in [0.4, 0.5) is 5.69 Å². The second-order valence-corrected chi connectivity index (χ2v) is 6.06. The molecule has 5 rings (SSSR count). The zero-order valence-electron chi connectivity index (χ0n) is 13.3. The van der Waals surface area contributed by atoms with E-state index in [0.29, 0.717) is 0 Å². The van der Waals surface area contributed by atoms with Crippen molar-refractivity contribution in [2.75, 3.05) is 11.9 Å². The molecule has 0 aliphatic carbocycles. The smallest absolute Gasteiger partial charge is 0.106 e. The van der Waals surface area contributed by atoms with Gasteiger partial charge in [-0.3, -0.25) is 4.98 Å². The highest BCUT2D eigenvalue weighted by Crippen LogP contribution is 2.39. The quantitative estimate of drug-likeness (QED) is 0.509. The molecule has 3 heteroatoms. The Kier molecular flexibility index (Phi) is 2.71. The minimum atomic E-state index is 0.891. The lowest BCUT2D eigenvalue weighted by Crippen LogP contribution is -2.19. The van der Waals surface area contributed by atoms with Gasteiger partial charge in [-0.1, -0.05) is 42.5 Å². The van der Waals surface area contributed by atoms with Crippen LogP contribution in [-0.4, -0.2) is 17.0 Å². The van der Waals surface area contributed by atoms with Crippen LogP contribution in [0.5, 0.6) is 0 Å². The molecule has 0 amide bonds. The van der Waals surface area contributed by atoms with E-state index < -0.39 is 0 Å². The maximum atomic E-state index is 4.81. The van der Waals surface area contributed by atoms with Crippen molar-refractivity contribution in [1.82, 2.24) is 9.97 Å². The molecule has 0 saturated heterocycles. The molecule has 0 atom stereocenters. The Morgan fingerprint density at radius 2 is 1.62 bits per heavy atom. The fourth-order valence-electron chi connectivity index (χ4n) is 3.45. The van der Waals surface area contributed by atoms with Crippen LogP contribution in [0, 0.1) is 0 Å². The van der Waals surface area contributed by atoms with Gasteiger partial charge in [0.2, 0.25) is 0 Å². The number of rotatable bonds is 1. The second kappa shape index (κ2) is 4.90. The van der Waals surface area contributed by atoms with Crippen LogP contribution in [0.3, 0.4) is 0 Å². The highest BCUT2D eigenvalue weighted by molar-refractivity contribution is 6.10. The molecule has 4 aromatic rings. The Balaban J connectivity index is 1.76. The maximum Gasteiger partial charge on any atom is 0.106 e. The molecule has 3 aromatic carbocycles. The first kappa shape index (κ1) is 13.3. The number of benzene rings is 3. The Labute approximate surface area is 139 Å².